The van der Waals surface area contributed by atoms with E-state index in [1.807, 2.05) is 34.6 Å². The fourth-order valence-corrected chi connectivity index (χ4v) is 2.62. The molecule has 0 radical (unpaired) electrons. The van der Waals surface area contributed by atoms with Gasteiger partial charge in [0.25, 0.3) is 0 Å². The van der Waals surface area contributed by atoms with E-state index in [0.717, 1.165) is 0 Å². The molecule has 106 valence electrons. The summed E-state index contributed by atoms with van der Waals surface area (Å²) >= 11 is 0. The van der Waals surface area contributed by atoms with Crippen LogP contribution in [0, 0.1) is 16.2 Å². The van der Waals surface area contributed by atoms with Gasteiger partial charge in [0, 0.05) is 0 Å². The molecular weight excluding hydrogens is 245 g/mol. The molecule has 5 heteroatoms. The van der Waals surface area contributed by atoms with Gasteiger partial charge in [0.05, 0.1) is 5.41 Å². The minimum Gasteiger partial charge on any atom is -0.456 e. The summed E-state index contributed by atoms with van der Waals surface area (Å²) in [5.74, 6) is -0.709. The van der Waals surface area contributed by atoms with E-state index in [2.05, 4.69) is 4.74 Å². The van der Waals surface area contributed by atoms with Gasteiger partial charge in [-0.1, -0.05) is 34.6 Å². The Bertz CT molecular complexity index is 339. The van der Waals surface area contributed by atoms with Crippen molar-refractivity contribution in [3.63, 3.8) is 0 Å². The van der Waals surface area contributed by atoms with E-state index in [9.17, 15) is 18.0 Å². The summed E-state index contributed by atoms with van der Waals surface area (Å²) < 4.78 is 40.7. The van der Waals surface area contributed by atoms with Gasteiger partial charge in [-0.25, -0.2) is 0 Å². The van der Waals surface area contributed by atoms with Crippen molar-refractivity contribution in [2.45, 2.75) is 53.6 Å². The third-order valence-corrected chi connectivity index (χ3v) is 3.50. The smallest absolute Gasteiger partial charge is 0.422 e. The van der Waals surface area contributed by atoms with Crippen LogP contribution in [0.5, 0.6) is 0 Å². The molecule has 1 atom stereocenters. The molecule has 1 unspecified atom stereocenters. The fraction of sp³-hybridized carbons (Fsp3) is 0.923. The first kappa shape index (κ1) is 15.3. The summed E-state index contributed by atoms with van der Waals surface area (Å²) in [5.41, 5.74) is -1.15. The molecule has 0 aromatic carbocycles. The van der Waals surface area contributed by atoms with Crippen molar-refractivity contribution in [3.8, 4) is 0 Å². The highest BCUT2D eigenvalue weighted by Gasteiger charge is 2.68. The van der Waals surface area contributed by atoms with Crippen LogP contribution >= 0.6 is 0 Å². The van der Waals surface area contributed by atoms with Gasteiger partial charge in [-0.15, -0.1) is 0 Å². The number of rotatable bonds is 3. The average Bonchev–Trinajstić information content (AvgIpc) is 2.60. The minimum absolute atomic E-state index is 0.120. The third kappa shape index (κ3) is 3.39. The van der Waals surface area contributed by atoms with Gasteiger partial charge in [0.2, 0.25) is 0 Å². The number of hydrogen-bond donors (Lipinski definition) is 0. The maximum absolute atomic E-state index is 12.1. The quantitative estimate of drug-likeness (QED) is 0.723. The van der Waals surface area contributed by atoms with Gasteiger partial charge >= 0.3 is 12.1 Å². The second kappa shape index (κ2) is 4.14. The number of carbonyl (C=O) groups is 1. The van der Waals surface area contributed by atoms with E-state index in [0.29, 0.717) is 12.8 Å². The normalized spacial score (nSPS) is 26.9. The van der Waals surface area contributed by atoms with Crippen LogP contribution in [0.3, 0.4) is 0 Å². The topological polar surface area (TPSA) is 26.3 Å². The van der Waals surface area contributed by atoms with Crippen molar-refractivity contribution in [1.82, 2.24) is 0 Å². The third-order valence-electron chi connectivity index (χ3n) is 3.50. The summed E-state index contributed by atoms with van der Waals surface area (Å²) in [7, 11) is 0. The second-order valence-corrected chi connectivity index (χ2v) is 7.07. The van der Waals surface area contributed by atoms with E-state index in [-0.39, 0.29) is 10.8 Å². The molecule has 0 amide bonds. The van der Waals surface area contributed by atoms with Crippen LogP contribution in [0.2, 0.25) is 0 Å². The average molecular weight is 266 g/mol. The van der Waals surface area contributed by atoms with Crippen molar-refractivity contribution < 1.29 is 22.7 Å². The van der Waals surface area contributed by atoms with Gasteiger partial charge < -0.3 is 4.74 Å². The van der Waals surface area contributed by atoms with Crippen LogP contribution in [0.1, 0.15) is 47.5 Å². The standard InChI is InChI=1S/C13H21F3O2/c1-10(2,3)6-12(7-11(12,4)5)9(17)18-8-13(14,15)16/h6-8H2,1-5H3. The Balaban J connectivity index is 2.73. The number of hydrogen-bond acceptors (Lipinski definition) is 2. The van der Waals surface area contributed by atoms with Crippen molar-refractivity contribution in [1.29, 1.82) is 0 Å². The molecule has 1 fully saturated rings. The lowest BCUT2D eigenvalue weighted by Gasteiger charge is -2.27. The molecule has 2 nitrogen and oxygen atoms in total. The fourth-order valence-electron chi connectivity index (χ4n) is 2.62. The highest BCUT2D eigenvalue weighted by molar-refractivity contribution is 5.81. The molecule has 0 saturated heterocycles. The monoisotopic (exact) mass is 266 g/mol. The SMILES string of the molecule is CC(C)(C)CC1(C(=O)OCC(F)(F)F)CC1(C)C. The van der Waals surface area contributed by atoms with Crippen molar-refractivity contribution in [2.24, 2.45) is 16.2 Å². The Morgan fingerprint density at radius 1 is 1.22 bits per heavy atom. The zero-order valence-corrected chi connectivity index (χ0v) is 11.6. The Labute approximate surface area is 106 Å². The first-order valence-corrected chi connectivity index (χ1v) is 6.03. The highest BCUT2D eigenvalue weighted by Crippen LogP contribution is 2.68. The van der Waals surface area contributed by atoms with Gasteiger partial charge in [0.1, 0.15) is 0 Å². The van der Waals surface area contributed by atoms with Crippen LogP contribution in [0.25, 0.3) is 0 Å². The second-order valence-electron chi connectivity index (χ2n) is 7.07. The molecule has 0 heterocycles. The minimum atomic E-state index is -4.46. The summed E-state index contributed by atoms with van der Waals surface area (Å²) in [6, 6.07) is 0. The molecule has 1 rings (SSSR count). The number of alkyl halides is 3. The lowest BCUT2D eigenvalue weighted by molar-refractivity contribution is -0.192. The first-order chi connectivity index (χ1) is 7.79. The maximum Gasteiger partial charge on any atom is 0.422 e. The van der Waals surface area contributed by atoms with Crippen LogP contribution < -0.4 is 0 Å². The van der Waals surface area contributed by atoms with E-state index in [1.165, 1.54) is 0 Å². The zero-order chi connectivity index (χ0) is 14.4. The molecule has 0 N–H and O–H groups in total. The van der Waals surface area contributed by atoms with Crippen molar-refractivity contribution in [3.05, 3.63) is 0 Å². The lowest BCUT2D eigenvalue weighted by atomic mass is 9.79. The summed E-state index contributed by atoms with van der Waals surface area (Å²) in [5, 5.41) is 0. The molecule has 0 aromatic heterocycles. The Morgan fingerprint density at radius 2 is 1.67 bits per heavy atom. The number of halogens is 3. The Morgan fingerprint density at radius 3 is 1.94 bits per heavy atom. The lowest BCUT2D eigenvalue weighted by Crippen LogP contribution is -2.31. The van der Waals surface area contributed by atoms with Crippen molar-refractivity contribution in [2.75, 3.05) is 6.61 Å². The Kier molecular flexibility index (Phi) is 3.52. The van der Waals surface area contributed by atoms with E-state index >= 15 is 0 Å². The highest BCUT2D eigenvalue weighted by atomic mass is 19.4. The van der Waals surface area contributed by atoms with Crippen LogP contribution in [-0.4, -0.2) is 18.8 Å². The first-order valence-electron chi connectivity index (χ1n) is 6.03. The number of esters is 1. The maximum atomic E-state index is 12.1. The molecule has 1 aliphatic carbocycles. The molecule has 1 aliphatic rings. The van der Waals surface area contributed by atoms with Gasteiger partial charge in [-0.3, -0.25) is 4.79 Å². The predicted octanol–water partition coefficient (Wildman–Crippen LogP) is 3.94. The molecule has 18 heavy (non-hydrogen) atoms. The van der Waals surface area contributed by atoms with Gasteiger partial charge in [0.15, 0.2) is 6.61 Å². The summed E-state index contributed by atoms with van der Waals surface area (Å²) in [4.78, 5) is 11.9. The van der Waals surface area contributed by atoms with E-state index in [4.69, 9.17) is 0 Å². The van der Waals surface area contributed by atoms with Gasteiger partial charge in [-0.05, 0) is 23.7 Å². The van der Waals surface area contributed by atoms with Crippen LogP contribution in [-0.2, 0) is 9.53 Å². The molecule has 0 aromatic rings. The molecule has 0 bridgehead atoms. The van der Waals surface area contributed by atoms with Gasteiger partial charge in [-0.2, -0.15) is 13.2 Å². The largest absolute Gasteiger partial charge is 0.456 e. The molecule has 1 saturated carbocycles. The zero-order valence-electron chi connectivity index (χ0n) is 11.6. The van der Waals surface area contributed by atoms with E-state index < -0.39 is 24.2 Å². The Hall–Kier alpha value is -0.740. The van der Waals surface area contributed by atoms with E-state index in [1.54, 1.807) is 0 Å². The molecule has 0 spiro atoms. The number of ether oxygens (including phenoxy) is 1. The van der Waals surface area contributed by atoms with Crippen LogP contribution in [0.15, 0.2) is 0 Å². The summed E-state index contributed by atoms with van der Waals surface area (Å²) in [6.45, 7) is 8.22. The van der Waals surface area contributed by atoms with Crippen molar-refractivity contribution >= 4 is 5.97 Å². The number of carbonyl (C=O) groups excluding carboxylic acids is 1. The predicted molar refractivity (Wildman–Crippen MR) is 61.9 cm³/mol. The molecule has 0 aliphatic heterocycles. The molecular formula is C13H21F3O2. The van der Waals surface area contributed by atoms with Crippen LogP contribution in [0.4, 0.5) is 13.2 Å². The summed E-state index contributed by atoms with van der Waals surface area (Å²) in [6.07, 6.45) is -3.32.